The number of aryl methyl sites for hydroxylation is 1. The monoisotopic (exact) mass is 279 g/mol. The maximum Gasteiger partial charge on any atom is 0.320 e. The van der Waals surface area contributed by atoms with Crippen LogP contribution in [0.15, 0.2) is 34.9 Å². The molecule has 0 fully saturated rings. The van der Waals surface area contributed by atoms with Crippen molar-refractivity contribution in [1.29, 1.82) is 0 Å². The number of urea groups is 1. The van der Waals surface area contributed by atoms with Crippen LogP contribution in [0, 0.1) is 6.92 Å². The van der Waals surface area contributed by atoms with E-state index in [0.717, 1.165) is 12.0 Å². The molecule has 6 heteroatoms. The smallest absolute Gasteiger partial charge is 0.320 e. The summed E-state index contributed by atoms with van der Waals surface area (Å²) in [5, 5.41) is 9.70. The summed E-state index contributed by atoms with van der Waals surface area (Å²) in [5.74, 6) is 1.05. The van der Waals surface area contributed by atoms with E-state index in [1.165, 1.54) is 0 Å². The minimum Gasteiger partial charge on any atom is -0.360 e. The van der Waals surface area contributed by atoms with E-state index in [1.54, 1.807) is 13.0 Å². The van der Waals surface area contributed by atoms with Gasteiger partial charge in [0.1, 0.15) is 5.76 Å². The molecule has 5 nitrogen and oxygen atoms in total. The molecule has 0 spiro atoms. The molecule has 0 aliphatic heterocycles. The van der Waals surface area contributed by atoms with Crippen molar-refractivity contribution < 1.29 is 9.32 Å². The number of anilines is 1. The average molecular weight is 280 g/mol. The predicted octanol–water partition coefficient (Wildman–Crippen LogP) is 3.00. The van der Waals surface area contributed by atoms with Gasteiger partial charge < -0.3 is 9.84 Å². The lowest BCUT2D eigenvalue weighted by Crippen LogP contribution is -2.30. The topological polar surface area (TPSA) is 67.2 Å². The molecule has 2 N–H and O–H groups in total. The van der Waals surface area contributed by atoms with Crippen molar-refractivity contribution >= 4 is 23.4 Å². The highest BCUT2D eigenvalue weighted by molar-refractivity contribution is 6.30. The first kappa shape index (κ1) is 13.4. The summed E-state index contributed by atoms with van der Waals surface area (Å²) in [6, 6.07) is 8.87. The molecule has 1 aromatic heterocycles. The van der Waals surface area contributed by atoms with Gasteiger partial charge in [0.15, 0.2) is 5.82 Å². The number of halogens is 1. The highest BCUT2D eigenvalue weighted by Crippen LogP contribution is 2.09. The summed E-state index contributed by atoms with van der Waals surface area (Å²) < 4.78 is 4.85. The predicted molar refractivity (Wildman–Crippen MR) is 73.4 cm³/mol. The van der Waals surface area contributed by atoms with Crippen molar-refractivity contribution in [2.24, 2.45) is 0 Å². The summed E-state index contributed by atoms with van der Waals surface area (Å²) in [6.07, 6.45) is 0.739. The fraction of sp³-hybridized carbons (Fsp3) is 0.231. The molecule has 0 atom stereocenters. The van der Waals surface area contributed by atoms with E-state index in [-0.39, 0.29) is 6.03 Å². The lowest BCUT2D eigenvalue weighted by Gasteiger charge is -2.05. The Balaban J connectivity index is 1.73. The minimum atomic E-state index is -0.303. The highest BCUT2D eigenvalue weighted by atomic mass is 35.5. The molecule has 0 unspecified atom stereocenters. The summed E-state index contributed by atoms with van der Waals surface area (Å²) in [4.78, 5) is 11.5. The van der Waals surface area contributed by atoms with Crippen molar-refractivity contribution in [3.63, 3.8) is 0 Å². The number of hydrogen-bond acceptors (Lipinski definition) is 3. The van der Waals surface area contributed by atoms with E-state index < -0.39 is 0 Å². The largest absolute Gasteiger partial charge is 0.360 e. The van der Waals surface area contributed by atoms with Crippen LogP contribution in [0.4, 0.5) is 10.6 Å². The lowest BCUT2D eigenvalue weighted by atomic mass is 10.1. The van der Waals surface area contributed by atoms with Crippen LogP contribution in [0.25, 0.3) is 0 Å². The molecule has 0 radical (unpaired) electrons. The van der Waals surface area contributed by atoms with E-state index in [9.17, 15) is 4.79 Å². The first-order valence-electron chi connectivity index (χ1n) is 5.86. The molecule has 0 aliphatic rings. The van der Waals surface area contributed by atoms with Crippen molar-refractivity contribution in [1.82, 2.24) is 10.5 Å². The molecule has 19 heavy (non-hydrogen) atoms. The Kier molecular flexibility index (Phi) is 4.41. The zero-order valence-corrected chi connectivity index (χ0v) is 11.2. The third kappa shape index (κ3) is 4.30. The molecule has 2 aromatic rings. The molecule has 0 bridgehead atoms. The minimum absolute atomic E-state index is 0.303. The number of amides is 2. The van der Waals surface area contributed by atoms with E-state index in [4.69, 9.17) is 16.1 Å². The zero-order valence-electron chi connectivity index (χ0n) is 10.4. The van der Waals surface area contributed by atoms with Crippen molar-refractivity contribution in [2.75, 3.05) is 11.9 Å². The molecule has 100 valence electrons. The van der Waals surface area contributed by atoms with Crippen LogP contribution in [-0.2, 0) is 6.42 Å². The summed E-state index contributed by atoms with van der Waals surface area (Å²) >= 11 is 5.79. The maximum absolute atomic E-state index is 11.5. The number of benzene rings is 1. The van der Waals surface area contributed by atoms with Gasteiger partial charge in [-0.3, -0.25) is 5.32 Å². The van der Waals surface area contributed by atoms with Gasteiger partial charge in [0.25, 0.3) is 0 Å². The van der Waals surface area contributed by atoms with Crippen molar-refractivity contribution in [3.05, 3.63) is 46.7 Å². The van der Waals surface area contributed by atoms with Gasteiger partial charge in [0.05, 0.1) is 0 Å². The molecular weight excluding hydrogens is 266 g/mol. The quantitative estimate of drug-likeness (QED) is 0.904. The van der Waals surface area contributed by atoms with Gasteiger partial charge in [-0.25, -0.2) is 4.79 Å². The number of rotatable bonds is 4. The molecule has 0 saturated carbocycles. The Labute approximate surface area is 115 Å². The van der Waals surface area contributed by atoms with Crippen LogP contribution < -0.4 is 10.6 Å². The van der Waals surface area contributed by atoms with Gasteiger partial charge in [-0.2, -0.15) is 0 Å². The summed E-state index contributed by atoms with van der Waals surface area (Å²) in [7, 11) is 0. The van der Waals surface area contributed by atoms with Gasteiger partial charge in [0.2, 0.25) is 0 Å². The van der Waals surface area contributed by atoms with Crippen LogP contribution in [0.3, 0.4) is 0 Å². The average Bonchev–Trinajstić information content (AvgIpc) is 2.77. The fourth-order valence-electron chi connectivity index (χ4n) is 1.56. The van der Waals surface area contributed by atoms with Gasteiger partial charge in [-0.05, 0) is 31.0 Å². The molecule has 1 heterocycles. The number of carbonyl (C=O) groups excluding carboxylic acids is 1. The second-order valence-corrected chi connectivity index (χ2v) is 4.52. The Hall–Kier alpha value is -2.01. The zero-order chi connectivity index (χ0) is 13.7. The molecule has 1 aromatic carbocycles. The molecule has 2 rings (SSSR count). The second-order valence-electron chi connectivity index (χ2n) is 4.08. The molecule has 2 amide bonds. The van der Waals surface area contributed by atoms with Crippen LogP contribution >= 0.6 is 11.6 Å². The molecule has 0 aliphatic carbocycles. The molecule has 0 saturated heterocycles. The van der Waals surface area contributed by atoms with Gasteiger partial charge in [0, 0.05) is 17.6 Å². The molecular formula is C13H14ClN3O2. The van der Waals surface area contributed by atoms with Crippen molar-refractivity contribution in [2.45, 2.75) is 13.3 Å². The van der Waals surface area contributed by atoms with E-state index in [2.05, 4.69) is 15.8 Å². The van der Waals surface area contributed by atoms with Crippen molar-refractivity contribution in [3.8, 4) is 0 Å². The Morgan fingerprint density at radius 2 is 2.11 bits per heavy atom. The normalized spacial score (nSPS) is 10.2. The Morgan fingerprint density at radius 1 is 1.37 bits per heavy atom. The third-order valence-electron chi connectivity index (χ3n) is 2.48. The Bertz CT molecular complexity index is 551. The first-order chi connectivity index (χ1) is 9.13. The van der Waals surface area contributed by atoms with Crippen LogP contribution in [0.5, 0.6) is 0 Å². The third-order valence-corrected chi connectivity index (χ3v) is 2.73. The number of nitrogens with zero attached hydrogens (tertiary/aromatic N) is 1. The highest BCUT2D eigenvalue weighted by Gasteiger charge is 2.04. The Morgan fingerprint density at radius 3 is 2.74 bits per heavy atom. The first-order valence-corrected chi connectivity index (χ1v) is 6.24. The fourth-order valence-corrected chi connectivity index (χ4v) is 1.68. The second kappa shape index (κ2) is 6.24. The number of hydrogen-bond donors (Lipinski definition) is 2. The van der Waals surface area contributed by atoms with Crippen LogP contribution in [0.2, 0.25) is 5.02 Å². The number of aromatic nitrogens is 1. The maximum atomic E-state index is 11.5. The van der Waals surface area contributed by atoms with Crippen LogP contribution in [0.1, 0.15) is 11.3 Å². The number of nitrogens with one attached hydrogen (secondary N) is 2. The van der Waals surface area contributed by atoms with Gasteiger partial charge in [-0.1, -0.05) is 28.9 Å². The van der Waals surface area contributed by atoms with E-state index in [1.807, 2.05) is 24.3 Å². The number of carbonyl (C=O) groups is 1. The van der Waals surface area contributed by atoms with Gasteiger partial charge in [-0.15, -0.1) is 0 Å². The lowest BCUT2D eigenvalue weighted by molar-refractivity contribution is 0.252. The van der Waals surface area contributed by atoms with E-state index in [0.29, 0.717) is 23.1 Å². The van der Waals surface area contributed by atoms with E-state index >= 15 is 0 Å². The summed E-state index contributed by atoms with van der Waals surface area (Å²) in [5.41, 5.74) is 1.11. The van der Waals surface area contributed by atoms with Crippen LogP contribution in [-0.4, -0.2) is 17.7 Å². The standard InChI is InChI=1S/C13H14ClN3O2/c1-9-8-12(17-19-9)16-13(18)15-7-6-10-2-4-11(14)5-3-10/h2-5,8H,6-7H2,1H3,(H2,15,16,17,18). The SMILES string of the molecule is Cc1cc(NC(=O)NCCc2ccc(Cl)cc2)no1. The summed E-state index contributed by atoms with van der Waals surface area (Å²) in [6.45, 7) is 2.29. The van der Waals surface area contributed by atoms with Gasteiger partial charge >= 0.3 is 6.03 Å².